The van der Waals surface area contributed by atoms with Crippen LogP contribution in [0.15, 0.2) is 33.5 Å². The van der Waals surface area contributed by atoms with Crippen molar-refractivity contribution in [3.8, 4) is 0 Å². The predicted molar refractivity (Wildman–Crippen MR) is 71.2 cm³/mol. The molecule has 2 aromatic rings. The van der Waals surface area contributed by atoms with Gasteiger partial charge in [-0.15, -0.1) is 0 Å². The van der Waals surface area contributed by atoms with Crippen LogP contribution in [0.1, 0.15) is 15.9 Å². The highest BCUT2D eigenvalue weighted by atomic mass is 16.5. The van der Waals surface area contributed by atoms with Crippen molar-refractivity contribution < 1.29 is 13.9 Å². The van der Waals surface area contributed by atoms with Crippen LogP contribution in [-0.2, 0) is 11.3 Å². The Morgan fingerprint density at radius 3 is 2.68 bits per heavy atom. The standard InChI is InChI=1S/C14H15NO4/c1-15(2)8-9-4-5-12-10(6-9)7-11(13(16)18-3)14(17)19-12/h4-7H,8H2,1-3H3. The van der Waals surface area contributed by atoms with Gasteiger partial charge in [-0.25, -0.2) is 9.59 Å². The van der Waals surface area contributed by atoms with E-state index >= 15 is 0 Å². The summed E-state index contributed by atoms with van der Waals surface area (Å²) in [6.07, 6.45) is 0. The number of benzene rings is 1. The second kappa shape index (κ2) is 5.24. The van der Waals surface area contributed by atoms with Gasteiger partial charge in [0.2, 0.25) is 0 Å². The number of ether oxygens (including phenoxy) is 1. The highest BCUT2D eigenvalue weighted by Crippen LogP contribution is 2.17. The molecule has 5 nitrogen and oxygen atoms in total. The van der Waals surface area contributed by atoms with E-state index in [4.69, 9.17) is 4.42 Å². The van der Waals surface area contributed by atoms with Crippen molar-refractivity contribution in [3.05, 3.63) is 45.8 Å². The third kappa shape index (κ3) is 2.82. The summed E-state index contributed by atoms with van der Waals surface area (Å²) in [6.45, 7) is 0.766. The first-order valence-corrected chi connectivity index (χ1v) is 5.81. The minimum Gasteiger partial charge on any atom is -0.465 e. The number of methoxy groups -OCH3 is 1. The van der Waals surface area contributed by atoms with Crippen LogP contribution >= 0.6 is 0 Å². The largest absolute Gasteiger partial charge is 0.465 e. The van der Waals surface area contributed by atoms with Crippen LogP contribution in [0.5, 0.6) is 0 Å². The maximum Gasteiger partial charge on any atom is 0.351 e. The number of hydrogen-bond acceptors (Lipinski definition) is 5. The molecule has 0 saturated heterocycles. The first-order chi connectivity index (χ1) is 9.01. The molecule has 0 aliphatic rings. The van der Waals surface area contributed by atoms with E-state index in [0.717, 1.165) is 12.1 Å². The van der Waals surface area contributed by atoms with E-state index in [9.17, 15) is 9.59 Å². The van der Waals surface area contributed by atoms with Crippen LogP contribution < -0.4 is 5.63 Å². The molecule has 19 heavy (non-hydrogen) atoms. The number of nitrogens with zero attached hydrogens (tertiary/aromatic N) is 1. The predicted octanol–water partition coefficient (Wildman–Crippen LogP) is 1.64. The summed E-state index contributed by atoms with van der Waals surface area (Å²) >= 11 is 0. The van der Waals surface area contributed by atoms with E-state index in [1.165, 1.54) is 13.2 Å². The summed E-state index contributed by atoms with van der Waals surface area (Å²) in [5.74, 6) is -0.686. The zero-order valence-corrected chi connectivity index (χ0v) is 11.1. The SMILES string of the molecule is COC(=O)c1cc2cc(CN(C)C)ccc2oc1=O. The van der Waals surface area contributed by atoms with Crippen molar-refractivity contribution in [1.29, 1.82) is 0 Å². The number of esters is 1. The molecule has 1 aromatic heterocycles. The van der Waals surface area contributed by atoms with Gasteiger partial charge >= 0.3 is 11.6 Å². The Balaban J connectivity index is 2.55. The number of carbonyl (C=O) groups excluding carboxylic acids is 1. The number of fused-ring (bicyclic) bond motifs is 1. The zero-order chi connectivity index (χ0) is 14.0. The number of hydrogen-bond donors (Lipinski definition) is 0. The molecule has 0 radical (unpaired) electrons. The van der Waals surface area contributed by atoms with Gasteiger partial charge in [-0.2, -0.15) is 0 Å². The van der Waals surface area contributed by atoms with Crippen molar-refractivity contribution in [2.75, 3.05) is 21.2 Å². The van der Waals surface area contributed by atoms with Gasteiger partial charge in [0.15, 0.2) is 0 Å². The van der Waals surface area contributed by atoms with Crippen LogP contribution in [0.25, 0.3) is 11.0 Å². The van der Waals surface area contributed by atoms with Gasteiger partial charge in [0.05, 0.1) is 7.11 Å². The van der Waals surface area contributed by atoms with E-state index in [1.807, 2.05) is 31.1 Å². The Kier molecular flexibility index (Phi) is 3.66. The first kappa shape index (κ1) is 13.3. The van der Waals surface area contributed by atoms with Crippen molar-refractivity contribution in [3.63, 3.8) is 0 Å². The molecule has 0 spiro atoms. The lowest BCUT2D eigenvalue weighted by Crippen LogP contribution is -2.15. The summed E-state index contributed by atoms with van der Waals surface area (Å²) in [5.41, 5.74) is 0.763. The van der Waals surface area contributed by atoms with E-state index in [-0.39, 0.29) is 5.56 Å². The minimum atomic E-state index is -0.686. The molecule has 2 rings (SSSR count). The summed E-state index contributed by atoms with van der Waals surface area (Å²) in [5, 5.41) is 0.708. The molecular formula is C14H15NO4. The first-order valence-electron chi connectivity index (χ1n) is 5.81. The van der Waals surface area contributed by atoms with Crippen LogP contribution in [0, 0.1) is 0 Å². The zero-order valence-electron chi connectivity index (χ0n) is 11.1. The third-order valence-electron chi connectivity index (χ3n) is 2.70. The van der Waals surface area contributed by atoms with Crippen molar-refractivity contribution in [2.24, 2.45) is 0 Å². The highest BCUT2D eigenvalue weighted by Gasteiger charge is 2.14. The van der Waals surface area contributed by atoms with Gasteiger partial charge in [0, 0.05) is 11.9 Å². The van der Waals surface area contributed by atoms with E-state index in [0.29, 0.717) is 11.0 Å². The average molecular weight is 261 g/mol. The molecule has 5 heteroatoms. The van der Waals surface area contributed by atoms with Gasteiger partial charge < -0.3 is 14.1 Å². The van der Waals surface area contributed by atoms with Gasteiger partial charge in [-0.1, -0.05) is 6.07 Å². The third-order valence-corrected chi connectivity index (χ3v) is 2.70. The molecule has 0 aliphatic carbocycles. The van der Waals surface area contributed by atoms with Crippen molar-refractivity contribution in [2.45, 2.75) is 6.54 Å². The van der Waals surface area contributed by atoms with E-state index < -0.39 is 11.6 Å². The minimum absolute atomic E-state index is 0.0861. The molecule has 0 saturated carbocycles. The Labute approximate surface area is 110 Å². The Bertz CT molecular complexity index is 673. The van der Waals surface area contributed by atoms with E-state index in [1.54, 1.807) is 6.07 Å². The summed E-state index contributed by atoms with van der Waals surface area (Å²) in [7, 11) is 5.17. The summed E-state index contributed by atoms with van der Waals surface area (Å²) < 4.78 is 9.66. The molecule has 1 aromatic carbocycles. The second-order valence-corrected chi connectivity index (χ2v) is 4.55. The van der Waals surface area contributed by atoms with Crippen molar-refractivity contribution in [1.82, 2.24) is 4.90 Å². The van der Waals surface area contributed by atoms with Crippen LogP contribution in [-0.4, -0.2) is 32.1 Å². The fourth-order valence-corrected chi connectivity index (χ4v) is 1.89. The number of carbonyl (C=O) groups is 1. The maximum absolute atomic E-state index is 11.6. The van der Waals surface area contributed by atoms with Crippen LogP contribution in [0.4, 0.5) is 0 Å². The Hall–Kier alpha value is -2.14. The molecule has 0 atom stereocenters. The molecule has 0 bridgehead atoms. The lowest BCUT2D eigenvalue weighted by Gasteiger charge is -2.10. The monoisotopic (exact) mass is 261 g/mol. The lowest BCUT2D eigenvalue weighted by atomic mass is 10.1. The second-order valence-electron chi connectivity index (χ2n) is 4.55. The van der Waals surface area contributed by atoms with Crippen LogP contribution in [0.2, 0.25) is 0 Å². The molecule has 1 heterocycles. The quantitative estimate of drug-likeness (QED) is 0.621. The Morgan fingerprint density at radius 1 is 1.32 bits per heavy atom. The summed E-state index contributed by atoms with van der Waals surface area (Å²) in [6, 6.07) is 7.02. The number of rotatable bonds is 3. The normalized spacial score (nSPS) is 10.9. The van der Waals surface area contributed by atoms with Gasteiger partial charge in [-0.3, -0.25) is 0 Å². The molecule has 0 amide bonds. The van der Waals surface area contributed by atoms with Crippen LogP contribution in [0.3, 0.4) is 0 Å². The average Bonchev–Trinajstić information content (AvgIpc) is 2.36. The summed E-state index contributed by atoms with van der Waals surface area (Å²) in [4.78, 5) is 25.1. The molecule has 100 valence electrons. The smallest absolute Gasteiger partial charge is 0.351 e. The van der Waals surface area contributed by atoms with Gasteiger partial charge in [0.1, 0.15) is 11.1 Å². The molecular weight excluding hydrogens is 246 g/mol. The molecule has 0 fully saturated rings. The maximum atomic E-state index is 11.6. The van der Waals surface area contributed by atoms with Crippen molar-refractivity contribution >= 4 is 16.9 Å². The van der Waals surface area contributed by atoms with Gasteiger partial charge in [0.25, 0.3) is 0 Å². The molecule has 0 aliphatic heterocycles. The lowest BCUT2D eigenvalue weighted by molar-refractivity contribution is 0.0596. The molecule has 0 N–H and O–H groups in total. The Morgan fingerprint density at radius 2 is 2.05 bits per heavy atom. The molecule has 0 unspecified atom stereocenters. The van der Waals surface area contributed by atoms with Gasteiger partial charge in [-0.05, 0) is 37.9 Å². The topological polar surface area (TPSA) is 59.8 Å². The fraction of sp³-hybridized carbons (Fsp3) is 0.286. The highest BCUT2D eigenvalue weighted by molar-refractivity contribution is 5.92. The fourth-order valence-electron chi connectivity index (χ4n) is 1.89. The van der Waals surface area contributed by atoms with E-state index in [2.05, 4.69) is 4.74 Å².